The molecule has 0 aliphatic heterocycles. The smallest absolute Gasteiger partial charge is 0.231 e. The molecule has 1 aromatic heterocycles. The summed E-state index contributed by atoms with van der Waals surface area (Å²) >= 11 is 1.68. The Hall–Kier alpha value is -2.14. The van der Waals surface area contributed by atoms with Crippen molar-refractivity contribution in [3.05, 3.63) is 46.7 Å². The van der Waals surface area contributed by atoms with Gasteiger partial charge >= 0.3 is 0 Å². The number of rotatable bonds is 6. The van der Waals surface area contributed by atoms with E-state index in [1.165, 1.54) is 11.1 Å². The fraction of sp³-hybridized carbons (Fsp3) is 0.294. The van der Waals surface area contributed by atoms with Crippen molar-refractivity contribution in [2.24, 2.45) is 5.73 Å². The molecule has 0 saturated carbocycles. The van der Waals surface area contributed by atoms with Crippen LogP contribution in [0.4, 0.5) is 0 Å². The molecule has 0 bridgehead atoms. The second-order valence-electron chi connectivity index (χ2n) is 5.45. The molecule has 0 radical (unpaired) electrons. The number of primary amides is 1. The van der Waals surface area contributed by atoms with Crippen LogP contribution in [0, 0.1) is 0 Å². The van der Waals surface area contributed by atoms with Crippen molar-refractivity contribution >= 4 is 23.2 Å². The molecule has 2 rings (SSSR count). The highest BCUT2D eigenvalue weighted by Gasteiger charge is 2.15. The molecule has 1 aromatic carbocycles. The molecular weight excluding hydrogens is 296 g/mol. The number of hydrogen-bond acceptors (Lipinski definition) is 3. The standard InChI is InChI=1S/C17H20N2O2S/c1-12(10-19(2)17(21)9-16(18)20)13-3-5-14(6-4-13)15-7-8-22-11-15/h3-8,11-12H,9-10H2,1-2H3,(H2,18,20). The van der Waals surface area contributed by atoms with Crippen LogP contribution in [0.3, 0.4) is 0 Å². The lowest BCUT2D eigenvalue weighted by atomic mass is 9.98. The first-order valence-electron chi connectivity index (χ1n) is 7.12. The third-order valence-corrected chi connectivity index (χ3v) is 4.32. The first kappa shape index (κ1) is 16.2. The van der Waals surface area contributed by atoms with Gasteiger partial charge in [-0.25, -0.2) is 0 Å². The molecule has 5 heteroatoms. The van der Waals surface area contributed by atoms with Crippen molar-refractivity contribution in [1.29, 1.82) is 0 Å². The molecular formula is C17H20N2O2S. The lowest BCUT2D eigenvalue weighted by Gasteiger charge is -2.21. The van der Waals surface area contributed by atoms with Crippen LogP contribution < -0.4 is 5.73 Å². The average Bonchev–Trinajstić information content (AvgIpc) is 3.00. The van der Waals surface area contributed by atoms with E-state index in [0.29, 0.717) is 6.54 Å². The highest BCUT2D eigenvalue weighted by molar-refractivity contribution is 7.08. The van der Waals surface area contributed by atoms with Crippen LogP contribution in [0.2, 0.25) is 0 Å². The van der Waals surface area contributed by atoms with Gasteiger partial charge in [0.1, 0.15) is 6.42 Å². The number of carbonyl (C=O) groups excluding carboxylic acids is 2. The lowest BCUT2D eigenvalue weighted by Crippen LogP contribution is -2.33. The van der Waals surface area contributed by atoms with Gasteiger partial charge in [0.15, 0.2) is 0 Å². The Morgan fingerprint density at radius 3 is 2.41 bits per heavy atom. The maximum absolute atomic E-state index is 11.8. The Morgan fingerprint density at radius 2 is 1.86 bits per heavy atom. The summed E-state index contributed by atoms with van der Waals surface area (Å²) in [7, 11) is 1.70. The van der Waals surface area contributed by atoms with Crippen molar-refractivity contribution < 1.29 is 9.59 Å². The Kier molecular flexibility index (Phi) is 5.33. The third kappa shape index (κ3) is 4.18. The van der Waals surface area contributed by atoms with Crippen molar-refractivity contribution in [3.8, 4) is 11.1 Å². The highest BCUT2D eigenvalue weighted by Crippen LogP contribution is 2.25. The zero-order valence-corrected chi connectivity index (χ0v) is 13.6. The summed E-state index contributed by atoms with van der Waals surface area (Å²) in [6.07, 6.45) is -0.236. The number of likely N-dealkylation sites (N-methyl/N-ethyl adjacent to an activating group) is 1. The summed E-state index contributed by atoms with van der Waals surface area (Å²) < 4.78 is 0. The van der Waals surface area contributed by atoms with E-state index >= 15 is 0 Å². The molecule has 1 atom stereocenters. The molecule has 0 aliphatic rings. The number of carbonyl (C=O) groups is 2. The van der Waals surface area contributed by atoms with Crippen molar-refractivity contribution in [2.45, 2.75) is 19.3 Å². The zero-order chi connectivity index (χ0) is 16.1. The summed E-state index contributed by atoms with van der Waals surface area (Å²) in [5.74, 6) is -0.641. The maximum atomic E-state index is 11.8. The fourth-order valence-corrected chi connectivity index (χ4v) is 3.00. The fourth-order valence-electron chi connectivity index (χ4n) is 2.33. The van der Waals surface area contributed by atoms with Gasteiger partial charge in [-0.1, -0.05) is 31.2 Å². The summed E-state index contributed by atoms with van der Waals surface area (Å²) in [5, 5.41) is 4.18. The third-order valence-electron chi connectivity index (χ3n) is 3.63. The number of nitrogens with zero attached hydrogens (tertiary/aromatic N) is 1. The van der Waals surface area contributed by atoms with Gasteiger partial charge in [-0.05, 0) is 39.4 Å². The van der Waals surface area contributed by atoms with E-state index in [9.17, 15) is 9.59 Å². The molecule has 0 saturated heterocycles. The SMILES string of the molecule is CC(CN(C)C(=O)CC(N)=O)c1ccc(-c2ccsc2)cc1. The Balaban J connectivity index is 1.99. The molecule has 22 heavy (non-hydrogen) atoms. The van der Waals surface area contributed by atoms with Gasteiger partial charge < -0.3 is 10.6 Å². The van der Waals surface area contributed by atoms with Crippen molar-refractivity contribution in [3.63, 3.8) is 0 Å². The van der Waals surface area contributed by atoms with E-state index in [2.05, 4.69) is 48.0 Å². The quantitative estimate of drug-likeness (QED) is 0.833. The van der Waals surface area contributed by atoms with Crippen LogP contribution >= 0.6 is 11.3 Å². The monoisotopic (exact) mass is 316 g/mol. The molecule has 1 heterocycles. The molecule has 1 unspecified atom stereocenters. The predicted molar refractivity (Wildman–Crippen MR) is 89.6 cm³/mol. The van der Waals surface area contributed by atoms with Gasteiger partial charge in [0, 0.05) is 13.6 Å². The highest BCUT2D eigenvalue weighted by atomic mass is 32.1. The minimum atomic E-state index is -0.593. The second kappa shape index (κ2) is 7.22. The summed E-state index contributed by atoms with van der Waals surface area (Å²) in [6.45, 7) is 2.62. The number of nitrogens with two attached hydrogens (primary N) is 1. The van der Waals surface area contributed by atoms with Crippen molar-refractivity contribution in [2.75, 3.05) is 13.6 Å². The first-order valence-corrected chi connectivity index (χ1v) is 8.06. The molecule has 2 amide bonds. The first-order chi connectivity index (χ1) is 10.5. The van der Waals surface area contributed by atoms with E-state index in [0.717, 1.165) is 5.56 Å². The Bertz CT molecular complexity index is 635. The minimum absolute atomic E-state index is 0.193. The van der Waals surface area contributed by atoms with Gasteiger partial charge in [-0.2, -0.15) is 11.3 Å². The Morgan fingerprint density at radius 1 is 1.18 bits per heavy atom. The normalized spacial score (nSPS) is 11.9. The number of thiophene rings is 1. The molecule has 0 spiro atoms. The lowest BCUT2D eigenvalue weighted by molar-refractivity contribution is -0.134. The number of benzene rings is 1. The molecule has 0 fully saturated rings. The van der Waals surface area contributed by atoms with Crippen LogP contribution in [0.15, 0.2) is 41.1 Å². The Labute approximate surface area is 134 Å². The molecule has 0 aliphatic carbocycles. The van der Waals surface area contributed by atoms with Crippen LogP contribution in [0.1, 0.15) is 24.8 Å². The number of hydrogen-bond donors (Lipinski definition) is 1. The van der Waals surface area contributed by atoms with Gasteiger partial charge in [0.25, 0.3) is 0 Å². The van der Waals surface area contributed by atoms with Crippen LogP contribution in [0.5, 0.6) is 0 Å². The zero-order valence-electron chi connectivity index (χ0n) is 12.8. The van der Waals surface area contributed by atoms with E-state index in [1.807, 2.05) is 0 Å². The maximum Gasteiger partial charge on any atom is 0.231 e. The number of amides is 2. The largest absolute Gasteiger partial charge is 0.369 e. The topological polar surface area (TPSA) is 63.4 Å². The molecule has 2 aromatic rings. The molecule has 2 N–H and O–H groups in total. The van der Waals surface area contributed by atoms with Gasteiger partial charge in [-0.3, -0.25) is 9.59 Å². The summed E-state index contributed by atoms with van der Waals surface area (Å²) in [4.78, 5) is 24.1. The average molecular weight is 316 g/mol. The predicted octanol–water partition coefficient (Wildman–Crippen LogP) is 2.85. The van der Waals surface area contributed by atoms with E-state index in [-0.39, 0.29) is 18.2 Å². The molecule has 116 valence electrons. The van der Waals surface area contributed by atoms with Crippen LogP contribution in [-0.4, -0.2) is 30.3 Å². The van der Waals surface area contributed by atoms with Crippen LogP contribution in [-0.2, 0) is 9.59 Å². The van der Waals surface area contributed by atoms with Crippen LogP contribution in [0.25, 0.3) is 11.1 Å². The second-order valence-corrected chi connectivity index (χ2v) is 6.23. The molecule has 4 nitrogen and oxygen atoms in total. The summed E-state index contributed by atoms with van der Waals surface area (Å²) in [5.41, 5.74) is 8.63. The van der Waals surface area contributed by atoms with E-state index in [4.69, 9.17) is 5.73 Å². The van der Waals surface area contributed by atoms with E-state index in [1.54, 1.807) is 23.3 Å². The van der Waals surface area contributed by atoms with Gasteiger partial charge in [0.05, 0.1) is 0 Å². The minimum Gasteiger partial charge on any atom is -0.369 e. The van der Waals surface area contributed by atoms with E-state index < -0.39 is 5.91 Å². The van der Waals surface area contributed by atoms with Crippen molar-refractivity contribution in [1.82, 2.24) is 4.90 Å². The van der Waals surface area contributed by atoms with Gasteiger partial charge in [0.2, 0.25) is 11.8 Å². The summed E-state index contributed by atoms with van der Waals surface area (Å²) in [6, 6.07) is 10.5. The van der Waals surface area contributed by atoms with Gasteiger partial charge in [-0.15, -0.1) is 0 Å².